The highest BCUT2D eigenvalue weighted by Gasteiger charge is 2.21. The van der Waals surface area contributed by atoms with Gasteiger partial charge in [0.25, 0.3) is 5.91 Å². The Hall–Kier alpha value is -2.11. The molecule has 1 unspecified atom stereocenters. The van der Waals surface area contributed by atoms with Crippen LogP contribution in [0.1, 0.15) is 36.7 Å². The maximum Gasteiger partial charge on any atom is 0.273 e. The Morgan fingerprint density at radius 2 is 2.40 bits per heavy atom. The first-order valence-electron chi connectivity index (χ1n) is 6.86. The molecule has 0 radical (unpaired) electrons. The third kappa shape index (κ3) is 3.69. The first-order chi connectivity index (χ1) is 9.70. The third-order valence-corrected chi connectivity index (χ3v) is 3.16. The third-order valence-electron chi connectivity index (χ3n) is 3.16. The van der Waals surface area contributed by atoms with Crippen molar-refractivity contribution < 1.29 is 14.3 Å². The summed E-state index contributed by atoms with van der Waals surface area (Å²) in [6.45, 7) is 2.93. The van der Waals surface area contributed by atoms with E-state index in [9.17, 15) is 9.59 Å². The number of ether oxygens (including phenoxy) is 1. The summed E-state index contributed by atoms with van der Waals surface area (Å²) < 4.78 is 5.40. The molecule has 2 heterocycles. The van der Waals surface area contributed by atoms with Crippen molar-refractivity contribution in [3.63, 3.8) is 0 Å². The van der Waals surface area contributed by atoms with E-state index in [0.29, 0.717) is 31.7 Å². The molecule has 0 aliphatic carbocycles. The number of nitrogens with one attached hydrogen (secondary N) is 2. The Bertz CT molecular complexity index is 490. The Balaban J connectivity index is 2.02. The van der Waals surface area contributed by atoms with Crippen LogP contribution in [-0.2, 0) is 4.79 Å². The minimum atomic E-state index is -0.256. The number of carbonyl (C=O) groups is 2. The molecule has 1 aliphatic rings. The van der Waals surface area contributed by atoms with Gasteiger partial charge in [-0.25, -0.2) is 4.98 Å². The number of hydrogen-bond donors (Lipinski definition) is 2. The standard InChI is InChI=1S/C14H19N3O3/c1-2-20-11-4-3-8-16-13(11)14(19)17-10-5-6-12(18)15-9-7-10/h3-4,8,10H,2,5-7,9H2,1H3,(H,15,18)(H,17,19). The molecule has 0 aromatic carbocycles. The highest BCUT2D eigenvalue weighted by molar-refractivity contribution is 5.95. The molecule has 1 aromatic heterocycles. The monoisotopic (exact) mass is 277 g/mol. The number of nitrogens with zero attached hydrogens (tertiary/aromatic N) is 1. The molecule has 0 spiro atoms. The molecular weight excluding hydrogens is 258 g/mol. The molecule has 2 N–H and O–H groups in total. The molecule has 1 aromatic rings. The number of rotatable bonds is 4. The van der Waals surface area contributed by atoms with E-state index in [4.69, 9.17) is 4.74 Å². The van der Waals surface area contributed by atoms with Gasteiger partial charge in [-0.15, -0.1) is 0 Å². The van der Waals surface area contributed by atoms with Gasteiger partial charge in [0.2, 0.25) is 5.91 Å². The quantitative estimate of drug-likeness (QED) is 0.856. The highest BCUT2D eigenvalue weighted by atomic mass is 16.5. The molecule has 6 nitrogen and oxygen atoms in total. The number of amides is 2. The summed E-state index contributed by atoms with van der Waals surface area (Å²) in [5, 5.41) is 5.71. The number of carbonyl (C=O) groups excluding carboxylic acids is 2. The second kappa shape index (κ2) is 6.88. The molecule has 2 rings (SSSR count). The Morgan fingerprint density at radius 1 is 1.55 bits per heavy atom. The van der Waals surface area contributed by atoms with Crippen LogP contribution < -0.4 is 15.4 Å². The normalized spacial score (nSPS) is 18.9. The van der Waals surface area contributed by atoms with E-state index in [2.05, 4.69) is 15.6 Å². The van der Waals surface area contributed by atoms with Gasteiger partial charge in [-0.05, 0) is 31.9 Å². The zero-order valence-corrected chi connectivity index (χ0v) is 11.5. The fraction of sp³-hybridized carbons (Fsp3) is 0.500. The molecule has 1 fully saturated rings. The lowest BCUT2D eigenvalue weighted by Gasteiger charge is -2.16. The molecule has 1 aliphatic heterocycles. The minimum Gasteiger partial charge on any atom is -0.491 e. The van der Waals surface area contributed by atoms with E-state index in [1.807, 2.05) is 6.92 Å². The van der Waals surface area contributed by atoms with Gasteiger partial charge in [-0.2, -0.15) is 0 Å². The zero-order valence-electron chi connectivity index (χ0n) is 11.5. The number of aromatic nitrogens is 1. The van der Waals surface area contributed by atoms with Crippen molar-refractivity contribution in [1.82, 2.24) is 15.6 Å². The summed E-state index contributed by atoms with van der Waals surface area (Å²) in [5.74, 6) is 0.262. The van der Waals surface area contributed by atoms with Crippen LogP contribution in [0.2, 0.25) is 0 Å². The zero-order chi connectivity index (χ0) is 14.4. The molecule has 20 heavy (non-hydrogen) atoms. The van der Waals surface area contributed by atoms with Crippen LogP contribution in [0.4, 0.5) is 0 Å². The largest absolute Gasteiger partial charge is 0.491 e. The molecule has 6 heteroatoms. The second-order valence-corrected chi connectivity index (χ2v) is 4.63. The SMILES string of the molecule is CCOc1cccnc1C(=O)NC1CCNC(=O)CC1. The van der Waals surface area contributed by atoms with Crippen LogP contribution in [0.25, 0.3) is 0 Å². The fourth-order valence-corrected chi connectivity index (χ4v) is 2.16. The van der Waals surface area contributed by atoms with E-state index in [1.165, 1.54) is 0 Å². The van der Waals surface area contributed by atoms with Crippen molar-refractivity contribution in [2.45, 2.75) is 32.2 Å². The Kier molecular flexibility index (Phi) is 4.92. The van der Waals surface area contributed by atoms with Crippen LogP contribution in [0.3, 0.4) is 0 Å². The summed E-state index contributed by atoms with van der Waals surface area (Å²) in [7, 11) is 0. The molecule has 108 valence electrons. The molecule has 1 saturated heterocycles. The first kappa shape index (κ1) is 14.3. The average molecular weight is 277 g/mol. The molecular formula is C14H19N3O3. The molecule has 0 saturated carbocycles. The van der Waals surface area contributed by atoms with Gasteiger partial charge in [0.1, 0.15) is 0 Å². The van der Waals surface area contributed by atoms with Gasteiger partial charge >= 0.3 is 0 Å². The first-order valence-corrected chi connectivity index (χ1v) is 6.86. The van der Waals surface area contributed by atoms with Crippen molar-refractivity contribution in [1.29, 1.82) is 0 Å². The summed E-state index contributed by atoms with van der Waals surface area (Å²) in [5.41, 5.74) is 0.290. The van der Waals surface area contributed by atoms with Crippen molar-refractivity contribution in [2.75, 3.05) is 13.2 Å². The summed E-state index contributed by atoms with van der Waals surface area (Å²) >= 11 is 0. The predicted octanol–water partition coefficient (Wildman–Crippen LogP) is 0.879. The topological polar surface area (TPSA) is 80.3 Å². The smallest absolute Gasteiger partial charge is 0.273 e. The number of hydrogen-bond acceptors (Lipinski definition) is 4. The van der Waals surface area contributed by atoms with E-state index >= 15 is 0 Å². The second-order valence-electron chi connectivity index (χ2n) is 4.63. The predicted molar refractivity (Wildman–Crippen MR) is 73.5 cm³/mol. The molecule has 0 bridgehead atoms. The lowest BCUT2D eigenvalue weighted by Crippen LogP contribution is -2.36. The van der Waals surface area contributed by atoms with Gasteiger partial charge in [-0.1, -0.05) is 0 Å². The summed E-state index contributed by atoms with van der Waals surface area (Å²) in [4.78, 5) is 27.6. The van der Waals surface area contributed by atoms with Crippen molar-refractivity contribution in [3.05, 3.63) is 24.0 Å². The van der Waals surface area contributed by atoms with E-state index in [1.54, 1.807) is 18.3 Å². The van der Waals surface area contributed by atoms with Gasteiger partial charge < -0.3 is 15.4 Å². The Labute approximate surface area is 117 Å². The van der Waals surface area contributed by atoms with Crippen LogP contribution in [0, 0.1) is 0 Å². The lowest BCUT2D eigenvalue weighted by molar-refractivity contribution is -0.120. The number of pyridine rings is 1. The summed E-state index contributed by atoms with van der Waals surface area (Å²) in [6.07, 6.45) is 3.38. The van der Waals surface area contributed by atoms with Crippen LogP contribution in [-0.4, -0.2) is 36.0 Å². The molecule has 2 amide bonds. The van der Waals surface area contributed by atoms with Gasteiger partial charge in [0, 0.05) is 25.2 Å². The van der Waals surface area contributed by atoms with Gasteiger partial charge in [-0.3, -0.25) is 9.59 Å². The van der Waals surface area contributed by atoms with E-state index in [0.717, 1.165) is 6.42 Å². The van der Waals surface area contributed by atoms with Crippen LogP contribution >= 0.6 is 0 Å². The average Bonchev–Trinajstić information content (AvgIpc) is 2.65. The van der Waals surface area contributed by atoms with Crippen molar-refractivity contribution in [3.8, 4) is 5.75 Å². The minimum absolute atomic E-state index is 0.0158. The summed E-state index contributed by atoms with van der Waals surface area (Å²) in [6, 6.07) is 3.44. The highest BCUT2D eigenvalue weighted by Crippen LogP contribution is 2.16. The maximum absolute atomic E-state index is 12.2. The van der Waals surface area contributed by atoms with E-state index < -0.39 is 0 Å². The fourth-order valence-electron chi connectivity index (χ4n) is 2.16. The van der Waals surface area contributed by atoms with Crippen molar-refractivity contribution >= 4 is 11.8 Å². The van der Waals surface area contributed by atoms with E-state index in [-0.39, 0.29) is 23.6 Å². The Morgan fingerprint density at radius 3 is 3.20 bits per heavy atom. The van der Waals surface area contributed by atoms with Crippen molar-refractivity contribution in [2.24, 2.45) is 0 Å². The van der Waals surface area contributed by atoms with Crippen LogP contribution in [0.15, 0.2) is 18.3 Å². The van der Waals surface area contributed by atoms with Gasteiger partial charge in [0.05, 0.1) is 6.61 Å². The van der Waals surface area contributed by atoms with Crippen LogP contribution in [0.5, 0.6) is 5.75 Å². The maximum atomic E-state index is 12.2. The molecule has 1 atom stereocenters. The lowest BCUT2D eigenvalue weighted by atomic mass is 10.1. The van der Waals surface area contributed by atoms with Gasteiger partial charge in [0.15, 0.2) is 11.4 Å².